The number of benzene rings is 2. The van der Waals surface area contributed by atoms with Crippen molar-refractivity contribution in [2.24, 2.45) is 0 Å². The molecule has 1 heterocycles. The van der Waals surface area contributed by atoms with Crippen LogP contribution in [0.2, 0.25) is 0 Å². The Morgan fingerprint density at radius 1 is 0.931 bits per heavy atom. The van der Waals surface area contributed by atoms with Gasteiger partial charge in [0.25, 0.3) is 0 Å². The largest absolute Gasteiger partial charge is 0.573 e. The molecular weight excluding hydrogens is 398 g/mol. The van der Waals surface area contributed by atoms with Crippen molar-refractivity contribution in [2.75, 3.05) is 0 Å². The molecule has 0 aliphatic heterocycles. The first-order valence-corrected chi connectivity index (χ1v) is 8.36. The van der Waals surface area contributed by atoms with Crippen molar-refractivity contribution >= 4 is 0 Å². The summed E-state index contributed by atoms with van der Waals surface area (Å²) in [6.45, 7) is 1.74. The quantitative estimate of drug-likeness (QED) is 0.496. The van der Waals surface area contributed by atoms with Gasteiger partial charge in [-0.2, -0.15) is 13.2 Å². The lowest BCUT2D eigenvalue weighted by Gasteiger charge is -2.11. The van der Waals surface area contributed by atoms with Crippen LogP contribution in [0.4, 0.5) is 26.3 Å². The zero-order valence-corrected chi connectivity index (χ0v) is 15.0. The number of alkyl halides is 6. The molecule has 1 aromatic heterocycles. The molecule has 0 atom stereocenters. The van der Waals surface area contributed by atoms with E-state index in [-0.39, 0.29) is 18.0 Å². The lowest BCUT2D eigenvalue weighted by molar-refractivity contribution is -0.274. The van der Waals surface area contributed by atoms with Crippen LogP contribution in [-0.2, 0) is 12.6 Å². The lowest BCUT2D eigenvalue weighted by atomic mass is 10.1. The van der Waals surface area contributed by atoms with Gasteiger partial charge in [0.05, 0.1) is 11.3 Å². The molecule has 0 saturated heterocycles. The zero-order chi connectivity index (χ0) is 21.2. The Kier molecular flexibility index (Phi) is 5.50. The van der Waals surface area contributed by atoms with E-state index in [0.29, 0.717) is 22.4 Å². The second-order valence-corrected chi connectivity index (χ2v) is 6.27. The Bertz CT molecular complexity index is 997. The molecule has 0 aliphatic carbocycles. The first-order chi connectivity index (χ1) is 13.5. The molecule has 0 saturated carbocycles. The first-order valence-electron chi connectivity index (χ1n) is 8.36. The summed E-state index contributed by atoms with van der Waals surface area (Å²) in [5, 5.41) is 0. The van der Waals surface area contributed by atoms with Crippen molar-refractivity contribution in [3.63, 3.8) is 0 Å². The molecule has 0 radical (unpaired) electrons. The van der Waals surface area contributed by atoms with E-state index in [4.69, 9.17) is 0 Å². The third-order valence-electron chi connectivity index (χ3n) is 4.05. The van der Waals surface area contributed by atoms with E-state index in [1.807, 2.05) is 0 Å². The predicted octanol–water partition coefficient (Wildman–Crippen LogP) is 5.96. The maximum Gasteiger partial charge on any atom is 0.573 e. The van der Waals surface area contributed by atoms with E-state index >= 15 is 0 Å². The standard InChI is InChI=1S/C20H14F6N2O/c1-12-11-27-18(14-5-7-15(8-6-14)19(21,22)23)28-17(12)10-13-3-2-4-16(9-13)29-20(24,25)26/h2-9,11H,10H2,1H3. The maximum absolute atomic E-state index is 12.7. The summed E-state index contributed by atoms with van der Waals surface area (Å²) in [6, 6.07) is 9.94. The van der Waals surface area contributed by atoms with E-state index < -0.39 is 18.1 Å². The van der Waals surface area contributed by atoms with Crippen molar-refractivity contribution in [1.82, 2.24) is 9.97 Å². The highest BCUT2D eigenvalue weighted by molar-refractivity contribution is 5.56. The summed E-state index contributed by atoms with van der Waals surface area (Å²) in [4.78, 5) is 8.52. The van der Waals surface area contributed by atoms with Crippen LogP contribution in [0.15, 0.2) is 54.7 Å². The van der Waals surface area contributed by atoms with E-state index in [0.717, 1.165) is 12.1 Å². The van der Waals surface area contributed by atoms with Crippen molar-refractivity contribution in [3.8, 4) is 17.1 Å². The van der Waals surface area contributed by atoms with Gasteiger partial charge in [0.1, 0.15) is 5.75 Å². The summed E-state index contributed by atoms with van der Waals surface area (Å²) in [7, 11) is 0. The molecule has 0 spiro atoms. The fourth-order valence-electron chi connectivity index (χ4n) is 2.65. The SMILES string of the molecule is Cc1cnc(-c2ccc(C(F)(F)F)cc2)nc1Cc1cccc(OC(F)(F)F)c1. The second-order valence-electron chi connectivity index (χ2n) is 6.27. The van der Waals surface area contributed by atoms with Gasteiger partial charge >= 0.3 is 12.5 Å². The van der Waals surface area contributed by atoms with Crippen molar-refractivity contribution in [1.29, 1.82) is 0 Å². The second kappa shape index (κ2) is 7.73. The average molecular weight is 412 g/mol. The third kappa shape index (κ3) is 5.46. The minimum Gasteiger partial charge on any atom is -0.406 e. The van der Waals surface area contributed by atoms with Gasteiger partial charge < -0.3 is 4.74 Å². The van der Waals surface area contributed by atoms with Gasteiger partial charge in [-0.05, 0) is 42.3 Å². The van der Waals surface area contributed by atoms with Crippen LogP contribution in [0.1, 0.15) is 22.4 Å². The maximum atomic E-state index is 12.7. The van der Waals surface area contributed by atoms with Crippen LogP contribution >= 0.6 is 0 Å². The van der Waals surface area contributed by atoms with Crippen LogP contribution in [0.3, 0.4) is 0 Å². The molecular formula is C20H14F6N2O. The summed E-state index contributed by atoms with van der Waals surface area (Å²) in [5.74, 6) is -0.119. The molecule has 0 amide bonds. The van der Waals surface area contributed by atoms with Gasteiger partial charge in [-0.15, -0.1) is 13.2 Å². The molecule has 3 nitrogen and oxygen atoms in total. The number of aromatic nitrogens is 2. The van der Waals surface area contributed by atoms with Gasteiger partial charge in [-0.25, -0.2) is 9.97 Å². The van der Waals surface area contributed by atoms with Crippen molar-refractivity contribution < 1.29 is 31.1 Å². The van der Waals surface area contributed by atoms with Crippen LogP contribution in [-0.4, -0.2) is 16.3 Å². The summed E-state index contributed by atoms with van der Waals surface area (Å²) in [6.07, 6.45) is -7.51. The van der Waals surface area contributed by atoms with Crippen molar-refractivity contribution in [3.05, 3.63) is 77.1 Å². The summed E-state index contributed by atoms with van der Waals surface area (Å²) >= 11 is 0. The number of rotatable bonds is 4. The molecule has 0 bridgehead atoms. The fourth-order valence-corrected chi connectivity index (χ4v) is 2.65. The zero-order valence-electron chi connectivity index (χ0n) is 15.0. The van der Waals surface area contributed by atoms with Gasteiger partial charge in [0.2, 0.25) is 0 Å². The molecule has 0 aliphatic rings. The Labute approximate surface area is 162 Å². The highest BCUT2D eigenvalue weighted by Crippen LogP contribution is 2.30. The topological polar surface area (TPSA) is 35.0 Å². The van der Waals surface area contributed by atoms with Crippen molar-refractivity contribution in [2.45, 2.75) is 25.9 Å². The van der Waals surface area contributed by atoms with Crippen LogP contribution in [0.25, 0.3) is 11.4 Å². The van der Waals surface area contributed by atoms with Crippen LogP contribution in [0.5, 0.6) is 5.75 Å². The minimum absolute atomic E-state index is 0.205. The smallest absolute Gasteiger partial charge is 0.406 e. The van der Waals surface area contributed by atoms with E-state index in [1.54, 1.807) is 13.0 Å². The minimum atomic E-state index is -4.79. The number of hydrogen-bond acceptors (Lipinski definition) is 3. The molecule has 9 heteroatoms. The average Bonchev–Trinajstić information content (AvgIpc) is 2.62. The number of aryl methyl sites for hydroxylation is 1. The number of halogens is 6. The van der Waals surface area contributed by atoms with E-state index in [2.05, 4.69) is 14.7 Å². The Balaban J connectivity index is 1.86. The lowest BCUT2D eigenvalue weighted by Crippen LogP contribution is -2.17. The molecule has 29 heavy (non-hydrogen) atoms. The Hall–Kier alpha value is -3.10. The van der Waals surface area contributed by atoms with Gasteiger partial charge in [-0.3, -0.25) is 0 Å². The fraction of sp³-hybridized carbons (Fsp3) is 0.200. The predicted molar refractivity (Wildman–Crippen MR) is 93.1 cm³/mol. The summed E-state index contributed by atoms with van der Waals surface area (Å²) in [5.41, 5.74) is 1.39. The highest BCUT2D eigenvalue weighted by atomic mass is 19.4. The third-order valence-corrected chi connectivity index (χ3v) is 4.05. The normalized spacial score (nSPS) is 12.1. The number of nitrogens with zero attached hydrogens (tertiary/aromatic N) is 2. The Morgan fingerprint density at radius 3 is 2.24 bits per heavy atom. The molecule has 0 fully saturated rings. The summed E-state index contributed by atoms with van der Waals surface area (Å²) < 4.78 is 79.2. The molecule has 3 rings (SSSR count). The number of ether oxygens (including phenoxy) is 1. The van der Waals surface area contributed by atoms with Gasteiger partial charge in [0.15, 0.2) is 5.82 Å². The Morgan fingerprint density at radius 2 is 1.62 bits per heavy atom. The molecule has 2 aromatic carbocycles. The van der Waals surface area contributed by atoms with E-state index in [9.17, 15) is 26.3 Å². The van der Waals surface area contributed by atoms with Gasteiger partial charge in [0, 0.05) is 18.2 Å². The monoisotopic (exact) mass is 412 g/mol. The molecule has 3 aromatic rings. The van der Waals surface area contributed by atoms with Crippen LogP contribution < -0.4 is 4.74 Å². The number of hydrogen-bond donors (Lipinski definition) is 0. The van der Waals surface area contributed by atoms with Gasteiger partial charge in [-0.1, -0.05) is 24.3 Å². The first kappa shape index (κ1) is 20.6. The molecule has 0 unspecified atom stereocenters. The highest BCUT2D eigenvalue weighted by Gasteiger charge is 2.31. The van der Waals surface area contributed by atoms with E-state index in [1.165, 1.54) is 36.5 Å². The molecule has 0 N–H and O–H groups in total. The van der Waals surface area contributed by atoms with Crippen LogP contribution in [0, 0.1) is 6.92 Å². The molecule has 152 valence electrons.